The maximum Gasteiger partial charge on any atom is 0.103 e. The second-order valence-corrected chi connectivity index (χ2v) is 4.88. The highest BCUT2D eigenvalue weighted by molar-refractivity contribution is 6.35. The van der Waals surface area contributed by atoms with Gasteiger partial charge in [0.05, 0.1) is 11.9 Å². The van der Waals surface area contributed by atoms with E-state index < -0.39 is 0 Å². The molecule has 2 aromatic rings. The third kappa shape index (κ3) is 3.37. The first-order valence-electron chi connectivity index (χ1n) is 5.78. The Morgan fingerprint density at radius 1 is 1.28 bits per heavy atom. The Labute approximate surface area is 117 Å². The number of nitrogens with one attached hydrogen (secondary N) is 1. The van der Waals surface area contributed by atoms with Crippen molar-refractivity contribution >= 4 is 29.3 Å². The minimum atomic E-state index is 0.730. The topological polar surface area (TPSA) is 28.7 Å². The standard InChI is InChI=1S/C14H14Cl2N2/c1-10-17-9-11(18-10)5-2-3-6-12-13(15)7-4-8-14(12)16/h2,4-5,7-9H,3,6H2,1H3,(H,17,18). The fraction of sp³-hybridized carbons (Fsp3) is 0.214. The Balaban J connectivity index is 1.94. The molecular formula is C14H14Cl2N2. The van der Waals surface area contributed by atoms with Crippen molar-refractivity contribution in [1.82, 2.24) is 9.97 Å². The molecule has 18 heavy (non-hydrogen) atoms. The number of aromatic nitrogens is 2. The summed E-state index contributed by atoms with van der Waals surface area (Å²) in [4.78, 5) is 7.28. The molecule has 4 heteroatoms. The van der Waals surface area contributed by atoms with Crippen molar-refractivity contribution in [2.24, 2.45) is 0 Å². The molecule has 0 bridgehead atoms. The van der Waals surface area contributed by atoms with Crippen LogP contribution in [0.15, 0.2) is 30.5 Å². The zero-order chi connectivity index (χ0) is 13.0. The van der Waals surface area contributed by atoms with Crippen LogP contribution < -0.4 is 0 Å². The molecule has 0 aliphatic rings. The van der Waals surface area contributed by atoms with Crippen LogP contribution >= 0.6 is 23.2 Å². The third-order valence-electron chi connectivity index (χ3n) is 2.64. The van der Waals surface area contributed by atoms with Crippen molar-refractivity contribution in [3.8, 4) is 0 Å². The van der Waals surface area contributed by atoms with Gasteiger partial charge in [-0.15, -0.1) is 0 Å². The molecule has 2 rings (SSSR count). The van der Waals surface area contributed by atoms with Crippen molar-refractivity contribution in [2.75, 3.05) is 0 Å². The SMILES string of the molecule is Cc1ncc(C=CCCc2c(Cl)cccc2Cl)[nH]1. The van der Waals surface area contributed by atoms with E-state index in [9.17, 15) is 0 Å². The summed E-state index contributed by atoms with van der Waals surface area (Å²) in [6.45, 7) is 1.93. The van der Waals surface area contributed by atoms with Gasteiger partial charge < -0.3 is 4.98 Å². The number of allylic oxidation sites excluding steroid dienone is 1. The zero-order valence-electron chi connectivity index (χ0n) is 10.1. The maximum absolute atomic E-state index is 6.10. The van der Waals surface area contributed by atoms with Crippen LogP contribution in [0.4, 0.5) is 0 Å². The van der Waals surface area contributed by atoms with E-state index >= 15 is 0 Å². The number of rotatable bonds is 4. The summed E-state index contributed by atoms with van der Waals surface area (Å²) in [6, 6.07) is 5.59. The molecule has 1 N–H and O–H groups in total. The van der Waals surface area contributed by atoms with Crippen molar-refractivity contribution in [3.05, 3.63) is 57.6 Å². The van der Waals surface area contributed by atoms with Crippen LogP contribution in [-0.4, -0.2) is 9.97 Å². The smallest absolute Gasteiger partial charge is 0.103 e. The van der Waals surface area contributed by atoms with Gasteiger partial charge in [-0.3, -0.25) is 0 Å². The van der Waals surface area contributed by atoms with Gasteiger partial charge >= 0.3 is 0 Å². The van der Waals surface area contributed by atoms with E-state index in [2.05, 4.69) is 16.0 Å². The summed E-state index contributed by atoms with van der Waals surface area (Å²) in [6.07, 6.45) is 7.65. The Morgan fingerprint density at radius 2 is 2.00 bits per heavy atom. The highest BCUT2D eigenvalue weighted by Gasteiger charge is 2.03. The van der Waals surface area contributed by atoms with Gasteiger partial charge in [0.25, 0.3) is 0 Å². The molecule has 0 atom stereocenters. The number of imidazole rings is 1. The summed E-state index contributed by atoms with van der Waals surface area (Å²) >= 11 is 12.2. The lowest BCUT2D eigenvalue weighted by Crippen LogP contribution is -1.86. The van der Waals surface area contributed by atoms with Gasteiger partial charge in [0.2, 0.25) is 0 Å². The Hall–Kier alpha value is -1.25. The van der Waals surface area contributed by atoms with Crippen LogP contribution in [-0.2, 0) is 6.42 Å². The predicted octanol–water partition coefficient (Wildman–Crippen LogP) is 4.67. The first-order chi connectivity index (χ1) is 8.66. The Bertz CT molecular complexity index is 538. The summed E-state index contributed by atoms with van der Waals surface area (Å²) < 4.78 is 0. The molecule has 1 aromatic heterocycles. The number of nitrogens with zero attached hydrogens (tertiary/aromatic N) is 1. The van der Waals surface area contributed by atoms with E-state index in [-0.39, 0.29) is 0 Å². The number of halogens is 2. The monoisotopic (exact) mass is 280 g/mol. The van der Waals surface area contributed by atoms with Crippen LogP contribution in [0.25, 0.3) is 6.08 Å². The minimum Gasteiger partial charge on any atom is -0.343 e. The molecule has 1 heterocycles. The molecule has 1 aromatic carbocycles. The minimum absolute atomic E-state index is 0.730. The number of aromatic amines is 1. The lowest BCUT2D eigenvalue weighted by atomic mass is 10.1. The van der Waals surface area contributed by atoms with Gasteiger partial charge in [-0.1, -0.05) is 35.3 Å². The fourth-order valence-corrected chi connectivity index (χ4v) is 2.32. The summed E-state index contributed by atoms with van der Waals surface area (Å²) in [5, 5.41) is 1.46. The third-order valence-corrected chi connectivity index (χ3v) is 3.35. The number of benzene rings is 1. The van der Waals surface area contributed by atoms with Crippen LogP contribution in [0.5, 0.6) is 0 Å². The molecule has 0 aliphatic heterocycles. The first-order valence-corrected chi connectivity index (χ1v) is 6.53. The zero-order valence-corrected chi connectivity index (χ0v) is 11.6. The number of hydrogen-bond acceptors (Lipinski definition) is 1. The van der Waals surface area contributed by atoms with Gasteiger partial charge in [-0.05, 0) is 43.5 Å². The van der Waals surface area contributed by atoms with Crippen LogP contribution in [0.1, 0.15) is 23.5 Å². The summed E-state index contributed by atoms with van der Waals surface area (Å²) in [5.74, 6) is 0.920. The van der Waals surface area contributed by atoms with Crippen LogP contribution in [0.3, 0.4) is 0 Å². The van der Waals surface area contributed by atoms with E-state index in [1.54, 1.807) is 0 Å². The predicted molar refractivity (Wildman–Crippen MR) is 77.1 cm³/mol. The molecule has 2 nitrogen and oxygen atoms in total. The lowest BCUT2D eigenvalue weighted by molar-refractivity contribution is 1.01. The van der Waals surface area contributed by atoms with Gasteiger partial charge in [0.1, 0.15) is 5.82 Å². The Kier molecular flexibility index (Phi) is 4.45. The van der Waals surface area contributed by atoms with E-state index in [1.807, 2.05) is 37.4 Å². The molecule has 0 amide bonds. The molecule has 0 radical (unpaired) electrons. The molecule has 0 unspecified atom stereocenters. The molecule has 0 fully saturated rings. The number of aryl methyl sites for hydroxylation is 1. The molecule has 0 spiro atoms. The van der Waals surface area contributed by atoms with E-state index in [1.165, 1.54) is 0 Å². The quantitative estimate of drug-likeness (QED) is 0.866. The molecule has 0 saturated carbocycles. The molecular weight excluding hydrogens is 267 g/mol. The second kappa shape index (κ2) is 6.07. The highest BCUT2D eigenvalue weighted by atomic mass is 35.5. The summed E-state index contributed by atoms with van der Waals surface area (Å²) in [5.41, 5.74) is 2.02. The van der Waals surface area contributed by atoms with Crippen molar-refractivity contribution < 1.29 is 0 Å². The van der Waals surface area contributed by atoms with E-state index in [4.69, 9.17) is 23.2 Å². The maximum atomic E-state index is 6.10. The molecule has 94 valence electrons. The second-order valence-electron chi connectivity index (χ2n) is 4.07. The van der Waals surface area contributed by atoms with Crippen molar-refractivity contribution in [3.63, 3.8) is 0 Å². The number of hydrogen-bond donors (Lipinski definition) is 1. The van der Waals surface area contributed by atoms with E-state index in [0.717, 1.165) is 40.0 Å². The van der Waals surface area contributed by atoms with Crippen molar-refractivity contribution in [2.45, 2.75) is 19.8 Å². The van der Waals surface area contributed by atoms with Gasteiger partial charge in [-0.2, -0.15) is 0 Å². The average molecular weight is 281 g/mol. The van der Waals surface area contributed by atoms with Crippen molar-refractivity contribution in [1.29, 1.82) is 0 Å². The summed E-state index contributed by atoms with van der Waals surface area (Å²) in [7, 11) is 0. The average Bonchev–Trinajstić information content (AvgIpc) is 2.73. The van der Waals surface area contributed by atoms with E-state index in [0.29, 0.717) is 0 Å². The normalized spacial score (nSPS) is 11.3. The fourth-order valence-electron chi connectivity index (χ4n) is 1.73. The van der Waals surface area contributed by atoms with Crippen LogP contribution in [0.2, 0.25) is 10.0 Å². The first kappa shape index (κ1) is 13.2. The van der Waals surface area contributed by atoms with Crippen LogP contribution in [0, 0.1) is 6.92 Å². The highest BCUT2D eigenvalue weighted by Crippen LogP contribution is 2.25. The number of H-pyrrole nitrogens is 1. The Morgan fingerprint density at radius 3 is 2.61 bits per heavy atom. The molecule has 0 saturated heterocycles. The van der Waals surface area contributed by atoms with Gasteiger partial charge in [-0.25, -0.2) is 4.98 Å². The van der Waals surface area contributed by atoms with Gasteiger partial charge in [0, 0.05) is 10.0 Å². The lowest BCUT2D eigenvalue weighted by Gasteiger charge is -2.04. The molecule has 0 aliphatic carbocycles. The largest absolute Gasteiger partial charge is 0.343 e. The van der Waals surface area contributed by atoms with Gasteiger partial charge in [0.15, 0.2) is 0 Å².